The van der Waals surface area contributed by atoms with Crippen LogP contribution in [0.2, 0.25) is 0 Å². The Morgan fingerprint density at radius 2 is 1.73 bits per heavy atom. The van der Waals surface area contributed by atoms with E-state index in [0.717, 1.165) is 41.3 Å². The maximum atomic E-state index is 12.9. The summed E-state index contributed by atoms with van der Waals surface area (Å²) in [5.74, 6) is 2.04. The average molecular weight is 428 g/mol. The predicted molar refractivity (Wildman–Crippen MR) is 118 cm³/mol. The van der Waals surface area contributed by atoms with Crippen molar-refractivity contribution in [1.82, 2.24) is 24.0 Å². The summed E-state index contributed by atoms with van der Waals surface area (Å²) in [4.78, 5) is 37.1. The van der Waals surface area contributed by atoms with Crippen molar-refractivity contribution in [1.29, 1.82) is 0 Å². The molecule has 158 valence electrons. The maximum Gasteiger partial charge on any atom is 0.332 e. The van der Waals surface area contributed by atoms with E-state index >= 15 is 0 Å². The summed E-state index contributed by atoms with van der Waals surface area (Å²) in [5, 5.41) is 1.00. The quantitative estimate of drug-likeness (QED) is 0.439. The van der Waals surface area contributed by atoms with E-state index < -0.39 is 5.69 Å². The molecule has 0 amide bonds. The fraction of sp³-hybridized carbons (Fsp3) is 0.429. The van der Waals surface area contributed by atoms with Crippen molar-refractivity contribution in [3.8, 4) is 17.1 Å². The summed E-state index contributed by atoms with van der Waals surface area (Å²) in [7, 11) is 4.73. The molecule has 0 atom stereocenters. The van der Waals surface area contributed by atoms with Crippen LogP contribution in [0.5, 0.6) is 5.75 Å². The number of rotatable bonds is 6. The monoisotopic (exact) mass is 427 g/mol. The molecule has 4 rings (SSSR count). The molecule has 0 radical (unpaired) electrons. The molecule has 3 aromatic rings. The Balaban J connectivity index is 1.80. The second-order valence-corrected chi connectivity index (χ2v) is 8.47. The minimum Gasteiger partial charge on any atom is -0.497 e. The molecule has 3 heterocycles. The first-order valence-electron chi connectivity index (χ1n) is 9.97. The molecule has 9 heteroatoms. The maximum absolute atomic E-state index is 12.9. The highest BCUT2D eigenvalue weighted by atomic mass is 32.2. The van der Waals surface area contributed by atoms with Crippen LogP contribution >= 0.6 is 11.8 Å². The third-order valence-corrected chi connectivity index (χ3v) is 6.42. The molecule has 0 saturated carbocycles. The zero-order valence-electron chi connectivity index (χ0n) is 17.4. The molecular weight excluding hydrogens is 402 g/mol. The number of likely N-dealkylation sites (tertiary alicyclic amines) is 1. The molecular formula is C21H25N5O3S. The van der Waals surface area contributed by atoms with Gasteiger partial charge in [0.2, 0.25) is 0 Å². The van der Waals surface area contributed by atoms with Crippen LogP contribution in [-0.4, -0.2) is 56.5 Å². The molecule has 1 aliphatic rings. The summed E-state index contributed by atoms with van der Waals surface area (Å²) in [6.45, 7) is 3.19. The minimum absolute atomic E-state index is 0.354. The van der Waals surface area contributed by atoms with Gasteiger partial charge in [0.15, 0.2) is 11.5 Å². The smallest absolute Gasteiger partial charge is 0.332 e. The van der Waals surface area contributed by atoms with Crippen molar-refractivity contribution >= 4 is 22.8 Å². The van der Waals surface area contributed by atoms with E-state index in [9.17, 15) is 9.59 Å². The van der Waals surface area contributed by atoms with Crippen LogP contribution in [-0.2, 0) is 14.1 Å². The van der Waals surface area contributed by atoms with Crippen molar-refractivity contribution in [2.24, 2.45) is 14.1 Å². The van der Waals surface area contributed by atoms with Gasteiger partial charge in [-0.25, -0.2) is 14.8 Å². The number of hydrogen-bond donors (Lipinski definition) is 0. The van der Waals surface area contributed by atoms with Gasteiger partial charge in [-0.2, -0.15) is 0 Å². The normalized spacial score (nSPS) is 14.5. The molecule has 0 unspecified atom stereocenters. The Morgan fingerprint density at radius 3 is 2.40 bits per heavy atom. The third kappa shape index (κ3) is 3.87. The number of thioether (sulfide) groups is 1. The number of nitrogens with zero attached hydrogens (tertiary/aromatic N) is 5. The average Bonchev–Trinajstić information content (AvgIpc) is 3.29. The lowest BCUT2D eigenvalue weighted by atomic mass is 10.2. The fourth-order valence-corrected chi connectivity index (χ4v) is 4.70. The molecule has 30 heavy (non-hydrogen) atoms. The second-order valence-electron chi connectivity index (χ2n) is 7.38. The zero-order chi connectivity index (χ0) is 21.3. The number of ether oxygens (including phenoxy) is 1. The van der Waals surface area contributed by atoms with Crippen molar-refractivity contribution in [2.75, 3.05) is 32.5 Å². The van der Waals surface area contributed by atoms with Gasteiger partial charge in [-0.1, -0.05) is 0 Å². The van der Waals surface area contributed by atoms with Crippen molar-refractivity contribution in [2.45, 2.75) is 17.9 Å². The van der Waals surface area contributed by atoms with Crippen LogP contribution < -0.4 is 16.0 Å². The number of methoxy groups -OCH3 is 1. The minimum atomic E-state index is -0.403. The highest BCUT2D eigenvalue weighted by Gasteiger charge is 2.19. The van der Waals surface area contributed by atoms with Crippen LogP contribution in [0.1, 0.15) is 12.8 Å². The molecule has 0 spiro atoms. The number of benzene rings is 1. The molecule has 1 fully saturated rings. The van der Waals surface area contributed by atoms with Crippen molar-refractivity contribution in [3.05, 3.63) is 45.1 Å². The highest BCUT2D eigenvalue weighted by molar-refractivity contribution is 7.99. The number of aryl methyl sites for hydroxylation is 1. The van der Waals surface area contributed by atoms with Gasteiger partial charge in [0.1, 0.15) is 16.2 Å². The molecule has 1 aliphatic heterocycles. The third-order valence-electron chi connectivity index (χ3n) is 5.46. The Labute approximate surface area is 178 Å². The summed E-state index contributed by atoms with van der Waals surface area (Å²) in [5.41, 5.74) is 0.387. The van der Waals surface area contributed by atoms with Gasteiger partial charge in [0.05, 0.1) is 7.11 Å². The van der Waals surface area contributed by atoms with E-state index in [0.29, 0.717) is 21.9 Å². The molecule has 1 aromatic carbocycles. The topological polar surface area (TPSA) is 82.3 Å². The lowest BCUT2D eigenvalue weighted by Gasteiger charge is -2.15. The Morgan fingerprint density at radius 1 is 1.03 bits per heavy atom. The van der Waals surface area contributed by atoms with Gasteiger partial charge in [0, 0.05) is 32.0 Å². The largest absolute Gasteiger partial charge is 0.497 e. The summed E-state index contributed by atoms with van der Waals surface area (Å²) in [6, 6.07) is 7.42. The van der Waals surface area contributed by atoms with Crippen molar-refractivity contribution < 1.29 is 4.74 Å². The fourth-order valence-electron chi connectivity index (χ4n) is 3.68. The highest BCUT2D eigenvalue weighted by Crippen LogP contribution is 2.27. The molecule has 2 aromatic heterocycles. The van der Waals surface area contributed by atoms with E-state index in [4.69, 9.17) is 9.72 Å². The summed E-state index contributed by atoms with van der Waals surface area (Å²) >= 11 is 1.54. The van der Waals surface area contributed by atoms with Crippen LogP contribution in [0.25, 0.3) is 22.4 Å². The SMILES string of the molecule is COc1ccc(-c2nc(SCCN3CCCC3)c3c(=O)n(C)c(=O)n(C)c3n2)cc1. The molecule has 8 nitrogen and oxygen atoms in total. The van der Waals surface area contributed by atoms with Gasteiger partial charge in [0.25, 0.3) is 5.56 Å². The molecule has 1 saturated heterocycles. The van der Waals surface area contributed by atoms with E-state index in [2.05, 4.69) is 9.88 Å². The second kappa shape index (κ2) is 8.61. The predicted octanol–water partition coefficient (Wildman–Crippen LogP) is 1.89. The van der Waals surface area contributed by atoms with E-state index in [1.54, 1.807) is 25.9 Å². The van der Waals surface area contributed by atoms with E-state index in [1.807, 2.05) is 24.3 Å². The molecule has 0 bridgehead atoms. The van der Waals surface area contributed by atoms with Gasteiger partial charge >= 0.3 is 5.69 Å². The van der Waals surface area contributed by atoms with Crippen LogP contribution in [0, 0.1) is 0 Å². The van der Waals surface area contributed by atoms with Crippen molar-refractivity contribution in [3.63, 3.8) is 0 Å². The van der Waals surface area contributed by atoms with Gasteiger partial charge in [-0.3, -0.25) is 13.9 Å². The summed E-state index contributed by atoms with van der Waals surface area (Å²) < 4.78 is 7.75. The Bertz CT molecular complexity index is 1180. The first-order chi connectivity index (χ1) is 14.5. The number of aromatic nitrogens is 4. The van der Waals surface area contributed by atoms with E-state index in [1.165, 1.54) is 24.5 Å². The van der Waals surface area contributed by atoms with Gasteiger partial charge in [-0.05, 0) is 50.2 Å². The van der Waals surface area contributed by atoms with Crippen LogP contribution in [0.4, 0.5) is 0 Å². The van der Waals surface area contributed by atoms with Crippen LogP contribution in [0.15, 0.2) is 38.9 Å². The molecule has 0 N–H and O–H groups in total. The summed E-state index contributed by atoms with van der Waals surface area (Å²) in [6.07, 6.45) is 2.48. The van der Waals surface area contributed by atoms with Gasteiger partial charge in [-0.15, -0.1) is 11.8 Å². The van der Waals surface area contributed by atoms with Gasteiger partial charge < -0.3 is 9.64 Å². The standard InChI is InChI=1S/C21H25N5O3S/c1-24-18-16(20(27)25(2)21(24)28)19(30-13-12-26-10-4-5-11-26)23-17(22-18)14-6-8-15(29-3)9-7-14/h6-9H,4-5,10-13H2,1-3H3. The Kier molecular flexibility index (Phi) is 5.92. The van der Waals surface area contributed by atoms with E-state index in [-0.39, 0.29) is 5.56 Å². The Hall–Kier alpha value is -2.65. The number of hydrogen-bond acceptors (Lipinski definition) is 7. The lowest BCUT2D eigenvalue weighted by molar-refractivity contribution is 0.362. The number of fused-ring (bicyclic) bond motifs is 1. The first-order valence-corrected chi connectivity index (χ1v) is 11.0. The molecule has 0 aliphatic carbocycles. The first kappa shape index (κ1) is 20.6. The lowest BCUT2D eigenvalue weighted by Crippen LogP contribution is -2.37. The van der Waals surface area contributed by atoms with Crippen LogP contribution in [0.3, 0.4) is 0 Å². The zero-order valence-corrected chi connectivity index (χ0v) is 18.2.